The molecule has 0 amide bonds. The second-order valence-electron chi connectivity index (χ2n) is 6.87. The average molecular weight is 330 g/mol. The van der Waals surface area contributed by atoms with Crippen LogP contribution in [-0.4, -0.2) is 37.4 Å². The van der Waals surface area contributed by atoms with Crippen LogP contribution in [0.1, 0.15) is 60.5 Å². The standard InChI is InChI=1S/C20H30N2O2/c1-5-22(4)14-21-19-12-15(2)18(11-16(19)3)20(23)24-13-17-9-7-6-8-10-17/h11-12,14,17H,5-10,13H2,1-4H3. The first-order chi connectivity index (χ1) is 11.5. The quantitative estimate of drug-likeness (QED) is 0.433. The van der Waals surface area contributed by atoms with Gasteiger partial charge >= 0.3 is 5.97 Å². The zero-order chi connectivity index (χ0) is 17.5. The summed E-state index contributed by atoms with van der Waals surface area (Å²) in [6.45, 7) is 7.47. The predicted octanol–water partition coefficient (Wildman–Crippen LogP) is 4.65. The van der Waals surface area contributed by atoms with Gasteiger partial charge in [0, 0.05) is 13.6 Å². The van der Waals surface area contributed by atoms with Gasteiger partial charge < -0.3 is 9.64 Å². The average Bonchev–Trinajstić information content (AvgIpc) is 2.60. The molecule has 0 bridgehead atoms. The van der Waals surface area contributed by atoms with Crippen molar-refractivity contribution in [2.24, 2.45) is 10.9 Å². The van der Waals surface area contributed by atoms with E-state index in [2.05, 4.69) is 11.9 Å². The molecule has 2 rings (SSSR count). The van der Waals surface area contributed by atoms with E-state index in [1.165, 1.54) is 32.1 Å². The summed E-state index contributed by atoms with van der Waals surface area (Å²) >= 11 is 0. The Morgan fingerprint density at radius 3 is 2.62 bits per heavy atom. The molecule has 24 heavy (non-hydrogen) atoms. The van der Waals surface area contributed by atoms with Crippen LogP contribution in [0.4, 0.5) is 5.69 Å². The molecule has 4 heteroatoms. The van der Waals surface area contributed by atoms with E-state index in [4.69, 9.17) is 4.74 Å². The zero-order valence-corrected chi connectivity index (χ0v) is 15.5. The minimum Gasteiger partial charge on any atom is -0.462 e. The summed E-state index contributed by atoms with van der Waals surface area (Å²) in [6, 6.07) is 3.86. The number of esters is 1. The van der Waals surface area contributed by atoms with Crippen molar-refractivity contribution in [3.05, 3.63) is 28.8 Å². The third kappa shape index (κ3) is 5.08. The van der Waals surface area contributed by atoms with Crippen LogP contribution in [0.3, 0.4) is 0 Å². The van der Waals surface area contributed by atoms with E-state index in [9.17, 15) is 4.79 Å². The van der Waals surface area contributed by atoms with Crippen molar-refractivity contribution in [1.82, 2.24) is 4.90 Å². The second kappa shape index (κ2) is 8.86. The molecule has 0 aliphatic heterocycles. The van der Waals surface area contributed by atoms with E-state index >= 15 is 0 Å². The van der Waals surface area contributed by atoms with Gasteiger partial charge in [-0.1, -0.05) is 19.3 Å². The number of carbonyl (C=O) groups is 1. The summed E-state index contributed by atoms with van der Waals surface area (Å²) in [5.74, 6) is 0.333. The minimum atomic E-state index is -0.206. The molecule has 132 valence electrons. The van der Waals surface area contributed by atoms with Crippen LogP contribution in [0, 0.1) is 19.8 Å². The van der Waals surface area contributed by atoms with E-state index in [1.807, 2.05) is 44.3 Å². The molecular weight excluding hydrogens is 300 g/mol. The fourth-order valence-corrected chi connectivity index (χ4v) is 3.03. The number of benzene rings is 1. The molecule has 4 nitrogen and oxygen atoms in total. The van der Waals surface area contributed by atoms with Gasteiger partial charge in [-0.25, -0.2) is 9.79 Å². The first kappa shape index (κ1) is 18.5. The van der Waals surface area contributed by atoms with E-state index in [-0.39, 0.29) is 5.97 Å². The Labute approximate surface area is 145 Å². The smallest absolute Gasteiger partial charge is 0.338 e. The maximum Gasteiger partial charge on any atom is 0.338 e. The molecule has 0 unspecified atom stereocenters. The van der Waals surface area contributed by atoms with Gasteiger partial charge in [0.05, 0.1) is 24.2 Å². The Balaban J connectivity index is 2.03. The molecule has 0 saturated heterocycles. The van der Waals surface area contributed by atoms with Crippen molar-refractivity contribution in [3.63, 3.8) is 0 Å². The van der Waals surface area contributed by atoms with Gasteiger partial charge in [0.2, 0.25) is 0 Å². The Morgan fingerprint density at radius 1 is 1.25 bits per heavy atom. The number of carbonyl (C=O) groups excluding carboxylic acids is 1. The zero-order valence-electron chi connectivity index (χ0n) is 15.5. The fraction of sp³-hybridized carbons (Fsp3) is 0.600. The van der Waals surface area contributed by atoms with Gasteiger partial charge in [-0.05, 0) is 62.8 Å². The van der Waals surface area contributed by atoms with Crippen LogP contribution in [-0.2, 0) is 4.74 Å². The van der Waals surface area contributed by atoms with Gasteiger partial charge in [0.15, 0.2) is 0 Å². The van der Waals surface area contributed by atoms with E-state index < -0.39 is 0 Å². The van der Waals surface area contributed by atoms with Crippen LogP contribution in [0.25, 0.3) is 0 Å². The molecule has 0 atom stereocenters. The highest BCUT2D eigenvalue weighted by Crippen LogP contribution is 2.26. The molecule has 0 aromatic heterocycles. The Morgan fingerprint density at radius 2 is 1.96 bits per heavy atom. The SMILES string of the molecule is CCN(C)C=Nc1cc(C)c(C(=O)OCC2CCCCC2)cc1C. The molecule has 0 N–H and O–H groups in total. The summed E-state index contributed by atoms with van der Waals surface area (Å²) in [4.78, 5) is 18.9. The van der Waals surface area contributed by atoms with Gasteiger partial charge in [0.25, 0.3) is 0 Å². The maximum absolute atomic E-state index is 12.4. The number of nitrogens with zero attached hydrogens (tertiary/aromatic N) is 2. The molecule has 0 heterocycles. The third-order valence-electron chi connectivity index (χ3n) is 4.83. The van der Waals surface area contributed by atoms with Crippen LogP contribution < -0.4 is 0 Å². The molecule has 1 aliphatic rings. The van der Waals surface area contributed by atoms with Crippen molar-refractivity contribution in [3.8, 4) is 0 Å². The van der Waals surface area contributed by atoms with Gasteiger partial charge in [-0.3, -0.25) is 0 Å². The highest BCUT2D eigenvalue weighted by molar-refractivity contribution is 5.92. The summed E-state index contributed by atoms with van der Waals surface area (Å²) in [5.41, 5.74) is 3.47. The van der Waals surface area contributed by atoms with Crippen molar-refractivity contribution >= 4 is 18.0 Å². The van der Waals surface area contributed by atoms with Gasteiger partial charge in [-0.2, -0.15) is 0 Å². The van der Waals surface area contributed by atoms with Crippen molar-refractivity contribution in [2.75, 3.05) is 20.2 Å². The van der Waals surface area contributed by atoms with Crippen LogP contribution in [0.15, 0.2) is 17.1 Å². The van der Waals surface area contributed by atoms with E-state index in [0.29, 0.717) is 18.1 Å². The van der Waals surface area contributed by atoms with Crippen LogP contribution in [0.2, 0.25) is 0 Å². The second-order valence-corrected chi connectivity index (χ2v) is 6.87. The summed E-state index contributed by atoms with van der Waals surface area (Å²) < 4.78 is 5.57. The summed E-state index contributed by atoms with van der Waals surface area (Å²) in [5, 5.41) is 0. The van der Waals surface area contributed by atoms with Crippen LogP contribution in [0.5, 0.6) is 0 Å². The first-order valence-corrected chi connectivity index (χ1v) is 9.04. The lowest BCUT2D eigenvalue weighted by Gasteiger charge is -2.21. The number of aliphatic imine (C=N–C) groups is 1. The Kier molecular flexibility index (Phi) is 6.83. The van der Waals surface area contributed by atoms with E-state index in [0.717, 1.165) is 23.4 Å². The molecule has 1 aromatic rings. The monoisotopic (exact) mass is 330 g/mol. The van der Waals surface area contributed by atoms with Gasteiger partial charge in [-0.15, -0.1) is 0 Å². The first-order valence-electron chi connectivity index (χ1n) is 9.04. The highest BCUT2D eigenvalue weighted by atomic mass is 16.5. The normalized spacial score (nSPS) is 15.7. The molecule has 1 aliphatic carbocycles. The Bertz CT molecular complexity index is 590. The molecule has 1 fully saturated rings. The number of hydrogen-bond donors (Lipinski definition) is 0. The fourth-order valence-electron chi connectivity index (χ4n) is 3.03. The lowest BCUT2D eigenvalue weighted by Crippen LogP contribution is -2.17. The highest BCUT2D eigenvalue weighted by Gasteiger charge is 2.18. The predicted molar refractivity (Wildman–Crippen MR) is 99.2 cm³/mol. The molecule has 1 aromatic carbocycles. The van der Waals surface area contributed by atoms with Gasteiger partial charge in [0.1, 0.15) is 0 Å². The summed E-state index contributed by atoms with van der Waals surface area (Å²) in [6.07, 6.45) is 8.03. The van der Waals surface area contributed by atoms with Crippen molar-refractivity contribution < 1.29 is 9.53 Å². The Hall–Kier alpha value is -1.84. The minimum absolute atomic E-state index is 0.206. The van der Waals surface area contributed by atoms with Crippen molar-refractivity contribution in [2.45, 2.75) is 52.9 Å². The topological polar surface area (TPSA) is 41.9 Å². The maximum atomic E-state index is 12.4. The number of hydrogen-bond acceptors (Lipinski definition) is 3. The number of aryl methyl sites for hydroxylation is 2. The summed E-state index contributed by atoms with van der Waals surface area (Å²) in [7, 11) is 1.99. The van der Waals surface area contributed by atoms with Crippen LogP contribution >= 0.6 is 0 Å². The molecule has 0 spiro atoms. The largest absolute Gasteiger partial charge is 0.462 e. The molecule has 1 saturated carbocycles. The lowest BCUT2D eigenvalue weighted by atomic mass is 9.90. The van der Waals surface area contributed by atoms with E-state index in [1.54, 1.807) is 0 Å². The molecule has 0 radical (unpaired) electrons. The van der Waals surface area contributed by atoms with Crippen molar-refractivity contribution in [1.29, 1.82) is 0 Å². The number of ether oxygens (including phenoxy) is 1. The lowest BCUT2D eigenvalue weighted by molar-refractivity contribution is 0.0409. The number of rotatable bonds is 6. The molecular formula is C20H30N2O2. The third-order valence-corrected chi connectivity index (χ3v) is 4.83.